The Bertz CT molecular complexity index is 2810. The van der Waals surface area contributed by atoms with Crippen molar-refractivity contribution < 1.29 is 38.2 Å². The van der Waals surface area contributed by atoms with Crippen LogP contribution in [0.5, 0.6) is 0 Å². The lowest BCUT2D eigenvalue weighted by molar-refractivity contribution is -0.150. The smallest absolute Gasteiger partial charge is 0.465 e. The number of hydrogen-bond donors (Lipinski definition) is 3. The minimum Gasteiger partial charge on any atom is -0.465 e. The number of hydrogen-bond acceptors (Lipinski definition) is 10. The summed E-state index contributed by atoms with van der Waals surface area (Å²) in [5.41, 5.74) is 16.4. The van der Waals surface area contributed by atoms with Crippen LogP contribution >= 0.6 is 0 Å². The van der Waals surface area contributed by atoms with E-state index in [0.717, 1.165) is 63.0 Å². The third-order valence-corrected chi connectivity index (χ3v) is 16.1. The number of methoxy groups -OCH3 is 1. The first-order valence-corrected chi connectivity index (χ1v) is 25.1. The van der Waals surface area contributed by atoms with Crippen molar-refractivity contribution in [2.24, 2.45) is 5.41 Å². The van der Waals surface area contributed by atoms with Gasteiger partial charge >= 0.3 is 19.2 Å². The van der Waals surface area contributed by atoms with E-state index in [9.17, 15) is 14.7 Å². The van der Waals surface area contributed by atoms with Crippen LogP contribution in [-0.4, -0.2) is 101 Å². The van der Waals surface area contributed by atoms with E-state index < -0.39 is 47.5 Å². The van der Waals surface area contributed by atoms with Crippen LogP contribution in [0.15, 0.2) is 85.1 Å². The average molecular weight is 950 g/mol. The second kappa shape index (κ2) is 18.4. The summed E-state index contributed by atoms with van der Waals surface area (Å²) in [6.45, 7) is 19.0. The third kappa shape index (κ3) is 8.47. The number of aryl methyl sites for hydroxylation is 1. The van der Waals surface area contributed by atoms with Gasteiger partial charge in [-0.05, 0) is 130 Å². The van der Waals surface area contributed by atoms with E-state index in [1.165, 1.54) is 22.3 Å². The van der Waals surface area contributed by atoms with Gasteiger partial charge in [0.2, 0.25) is 0 Å². The molecule has 3 aromatic carbocycles. The number of ether oxygens (including phenoxy) is 3. The number of benzene rings is 3. The number of pyridine rings is 1. The molecular weight excluding hydrogens is 881 g/mol. The monoisotopic (exact) mass is 950 g/mol. The largest absolute Gasteiger partial charge is 0.494 e. The molecule has 368 valence electrons. The SMILES string of the molecule is CCn1c(-c2cc(C3=CC4COCC(CC5c6ccccc6-c6ccccc65)(C3)N4C(=O)O)cnc2[C@H](C)OC)c(CC(C)(C)COC(=O)C2CCCNN2)c2cc(B3OC(C)(C)C(C)(C)O3)ccc21. The van der Waals surface area contributed by atoms with Gasteiger partial charge in [0.1, 0.15) is 6.04 Å². The zero-order valence-corrected chi connectivity index (χ0v) is 42.2. The van der Waals surface area contributed by atoms with Gasteiger partial charge < -0.3 is 33.2 Å². The normalized spacial score (nSPS) is 23.2. The van der Waals surface area contributed by atoms with Crippen molar-refractivity contribution in [3.63, 3.8) is 0 Å². The molecule has 5 aliphatic rings. The van der Waals surface area contributed by atoms with E-state index in [0.29, 0.717) is 32.2 Å². The first-order chi connectivity index (χ1) is 33.4. The van der Waals surface area contributed by atoms with Crippen LogP contribution in [0.25, 0.3) is 38.9 Å². The van der Waals surface area contributed by atoms with Crippen molar-refractivity contribution in [3.05, 3.63) is 113 Å². The minimum absolute atomic E-state index is 0.0160. The van der Waals surface area contributed by atoms with Crippen LogP contribution in [0.1, 0.15) is 121 Å². The van der Waals surface area contributed by atoms with Crippen molar-refractivity contribution in [2.45, 2.75) is 135 Å². The Labute approximate surface area is 412 Å². The van der Waals surface area contributed by atoms with Crippen molar-refractivity contribution in [1.29, 1.82) is 0 Å². The predicted octanol–water partition coefficient (Wildman–Crippen LogP) is 9.21. The number of nitrogens with one attached hydrogen (secondary N) is 2. The molecule has 13 nitrogen and oxygen atoms in total. The molecule has 1 amide bonds. The van der Waals surface area contributed by atoms with Crippen LogP contribution in [-0.2, 0) is 41.3 Å². The lowest BCUT2D eigenvalue weighted by Crippen LogP contribution is -2.65. The lowest BCUT2D eigenvalue weighted by Gasteiger charge is -2.53. The fourth-order valence-corrected chi connectivity index (χ4v) is 11.8. The van der Waals surface area contributed by atoms with Gasteiger partial charge in [-0.1, -0.05) is 80.6 Å². The molecule has 5 aromatic rings. The fraction of sp³-hybridized carbons (Fsp3) is 0.482. The lowest BCUT2D eigenvalue weighted by atomic mass is 9.73. The molecule has 4 aliphatic heterocycles. The van der Waals surface area contributed by atoms with Crippen LogP contribution in [0.3, 0.4) is 0 Å². The summed E-state index contributed by atoms with van der Waals surface area (Å²) in [7, 11) is 1.14. The molecule has 3 N–H and O–H groups in total. The molecule has 3 unspecified atom stereocenters. The maximum Gasteiger partial charge on any atom is 0.494 e. The number of aromatic nitrogens is 2. The number of amides is 1. The number of morpholine rings is 1. The molecule has 0 saturated carbocycles. The number of nitrogens with zero attached hydrogens (tertiary/aromatic N) is 3. The molecule has 0 radical (unpaired) electrons. The van der Waals surface area contributed by atoms with E-state index >= 15 is 0 Å². The molecule has 0 spiro atoms. The molecule has 3 fully saturated rings. The summed E-state index contributed by atoms with van der Waals surface area (Å²) in [6.07, 6.45) is 5.90. The average Bonchev–Trinajstić information content (AvgIpc) is 3.91. The summed E-state index contributed by atoms with van der Waals surface area (Å²) in [4.78, 5) is 33.9. The Morgan fingerprint density at radius 3 is 2.33 bits per heavy atom. The summed E-state index contributed by atoms with van der Waals surface area (Å²) in [6, 6.07) is 24.9. The highest BCUT2D eigenvalue weighted by Gasteiger charge is 2.53. The standard InChI is InChI=1S/C56H68BN5O8/c1-10-61-48-22-21-37(57-69-54(5,6)55(7,8)70-57)26-43(48)46(28-53(3,4)32-68-51(63)47-20-15-23-59-60-47)50(61)44-25-36(30-58-49(44)34(2)66-9)35-24-38-31-67-33-56(27-35,62(38)52(64)65)29-45-41-18-13-11-16-39(41)40-17-12-14-19-42(40)45/h11-14,16-19,21-22,24-26,30,34,38,45,47,59-60H,10,15,20,23,27-29,31-33H2,1-9H3,(H,64,65)/t34-,38?,47?,56?/m0/s1. The maximum absolute atomic E-state index is 13.5. The Balaban J connectivity index is 1.10. The second-order valence-electron chi connectivity index (χ2n) is 21.9. The molecule has 2 bridgehead atoms. The van der Waals surface area contributed by atoms with Gasteiger partial charge in [-0.15, -0.1) is 0 Å². The number of carbonyl (C=O) groups excluding carboxylic acids is 1. The van der Waals surface area contributed by atoms with Gasteiger partial charge in [0.25, 0.3) is 0 Å². The van der Waals surface area contributed by atoms with Crippen LogP contribution in [0.4, 0.5) is 4.79 Å². The summed E-state index contributed by atoms with van der Waals surface area (Å²) in [5.74, 6) is -0.276. The Morgan fingerprint density at radius 1 is 0.986 bits per heavy atom. The Hall–Kier alpha value is -5.35. The quantitative estimate of drug-likeness (QED) is 0.0768. The summed E-state index contributed by atoms with van der Waals surface area (Å²) in [5, 5.41) is 12.1. The molecular formula is C56H68BN5O8. The number of esters is 1. The highest BCUT2D eigenvalue weighted by Crippen LogP contribution is 2.53. The maximum atomic E-state index is 13.5. The summed E-state index contributed by atoms with van der Waals surface area (Å²) < 4.78 is 34.2. The molecule has 70 heavy (non-hydrogen) atoms. The molecule has 2 aromatic heterocycles. The van der Waals surface area contributed by atoms with Gasteiger partial charge in [0.05, 0.1) is 60.1 Å². The van der Waals surface area contributed by atoms with E-state index in [1.807, 2.05) is 13.1 Å². The highest BCUT2D eigenvalue weighted by atomic mass is 16.7. The van der Waals surface area contributed by atoms with Crippen LogP contribution in [0.2, 0.25) is 0 Å². The second-order valence-corrected chi connectivity index (χ2v) is 21.9. The Morgan fingerprint density at radius 2 is 1.69 bits per heavy atom. The molecule has 10 rings (SSSR count). The van der Waals surface area contributed by atoms with Crippen molar-refractivity contribution in [3.8, 4) is 22.4 Å². The summed E-state index contributed by atoms with van der Waals surface area (Å²) >= 11 is 0. The van der Waals surface area contributed by atoms with Crippen molar-refractivity contribution in [1.82, 2.24) is 25.3 Å². The van der Waals surface area contributed by atoms with Gasteiger partial charge in [0, 0.05) is 54.2 Å². The fourth-order valence-electron chi connectivity index (χ4n) is 11.8. The van der Waals surface area contributed by atoms with Gasteiger partial charge in [-0.3, -0.25) is 20.1 Å². The van der Waals surface area contributed by atoms with Crippen LogP contribution < -0.4 is 16.3 Å². The Kier molecular flexibility index (Phi) is 12.7. The van der Waals surface area contributed by atoms with E-state index in [-0.39, 0.29) is 37.8 Å². The zero-order chi connectivity index (χ0) is 49.3. The first kappa shape index (κ1) is 48.3. The molecule has 1 aliphatic carbocycles. The number of rotatable bonds is 13. The van der Waals surface area contributed by atoms with Crippen molar-refractivity contribution >= 4 is 41.1 Å². The van der Waals surface area contributed by atoms with Crippen LogP contribution in [0, 0.1) is 5.41 Å². The van der Waals surface area contributed by atoms with E-state index in [2.05, 4.69) is 143 Å². The number of carboxylic acid groups (broad SMARTS) is 1. The predicted molar refractivity (Wildman–Crippen MR) is 273 cm³/mol. The molecule has 6 heterocycles. The van der Waals surface area contributed by atoms with Crippen molar-refractivity contribution in [2.75, 3.05) is 33.5 Å². The number of hydrazine groups is 1. The number of carbonyl (C=O) groups is 2. The zero-order valence-electron chi connectivity index (χ0n) is 42.2. The first-order valence-electron chi connectivity index (χ1n) is 25.1. The van der Waals surface area contributed by atoms with Gasteiger partial charge in [-0.2, -0.15) is 0 Å². The third-order valence-electron chi connectivity index (χ3n) is 16.1. The van der Waals surface area contributed by atoms with E-state index in [4.69, 9.17) is 28.5 Å². The van der Waals surface area contributed by atoms with Gasteiger partial charge in [-0.25, -0.2) is 10.2 Å². The molecule has 3 saturated heterocycles. The topological polar surface area (TPSA) is 146 Å². The number of fused-ring (bicyclic) bond motifs is 6. The van der Waals surface area contributed by atoms with Gasteiger partial charge in [0.15, 0.2) is 0 Å². The highest BCUT2D eigenvalue weighted by molar-refractivity contribution is 6.62. The van der Waals surface area contributed by atoms with E-state index in [1.54, 1.807) is 12.0 Å². The molecule has 14 heteroatoms. The molecule has 4 atom stereocenters. The minimum atomic E-state index is -0.941.